The molecule has 1 saturated heterocycles. The van der Waals surface area contributed by atoms with E-state index in [1.54, 1.807) is 0 Å². The number of thioether (sulfide) groups is 1. The summed E-state index contributed by atoms with van der Waals surface area (Å²) < 4.78 is 0. The van der Waals surface area contributed by atoms with E-state index >= 15 is 0 Å². The van der Waals surface area contributed by atoms with Crippen molar-refractivity contribution in [3.63, 3.8) is 0 Å². The molecule has 1 fully saturated rings. The van der Waals surface area contributed by atoms with Crippen LogP contribution in [0.3, 0.4) is 0 Å². The fourth-order valence-electron chi connectivity index (χ4n) is 2.37. The number of ketones is 1. The summed E-state index contributed by atoms with van der Waals surface area (Å²) >= 11 is 1.25. The summed E-state index contributed by atoms with van der Waals surface area (Å²) in [5.74, 6) is -3.88. The molecule has 1 aromatic carbocycles. The van der Waals surface area contributed by atoms with Gasteiger partial charge in [-0.1, -0.05) is 31.5 Å². The largest absolute Gasteiger partial charge is 0.477 e. The third-order valence-electron chi connectivity index (χ3n) is 3.71. The standard InChI is InChI=1S/C16H19NO5S/c1-9(2)14(19)16(22,15(20)21)17-12(18)8-13(17)23-11-6-4-10(3)5-7-11/h4-7,9,13,22H,8H2,1-3H3,(H,20,21). The number of rotatable bonds is 6. The highest BCUT2D eigenvalue weighted by Crippen LogP contribution is 2.40. The minimum absolute atomic E-state index is 0.0828. The Morgan fingerprint density at radius 1 is 1.30 bits per heavy atom. The van der Waals surface area contributed by atoms with Gasteiger partial charge in [0.15, 0.2) is 5.78 Å². The van der Waals surface area contributed by atoms with Crippen LogP contribution in [0.2, 0.25) is 0 Å². The number of aliphatic hydroxyl groups is 1. The van der Waals surface area contributed by atoms with E-state index in [4.69, 9.17) is 0 Å². The van der Waals surface area contributed by atoms with Crippen LogP contribution in [-0.4, -0.2) is 43.9 Å². The highest BCUT2D eigenvalue weighted by molar-refractivity contribution is 8.00. The third kappa shape index (κ3) is 3.11. The molecule has 0 aliphatic carbocycles. The number of hydrogen-bond donors (Lipinski definition) is 2. The monoisotopic (exact) mass is 337 g/mol. The summed E-state index contributed by atoms with van der Waals surface area (Å²) in [6.07, 6.45) is 0.0828. The predicted molar refractivity (Wildman–Crippen MR) is 84.7 cm³/mol. The Kier molecular flexibility index (Phi) is 4.81. The summed E-state index contributed by atoms with van der Waals surface area (Å²) in [6.45, 7) is 4.92. The molecule has 2 N–H and O–H groups in total. The second kappa shape index (κ2) is 6.33. The Morgan fingerprint density at radius 3 is 2.30 bits per heavy atom. The van der Waals surface area contributed by atoms with Crippen LogP contribution in [0.1, 0.15) is 25.8 Å². The molecule has 124 valence electrons. The zero-order valence-corrected chi connectivity index (χ0v) is 14.0. The van der Waals surface area contributed by atoms with E-state index in [0.29, 0.717) is 0 Å². The van der Waals surface area contributed by atoms with Crippen LogP contribution in [0.25, 0.3) is 0 Å². The zero-order chi connectivity index (χ0) is 17.4. The number of Topliss-reactive ketones (excluding diaryl/α,β-unsaturated/α-hetero) is 1. The number of carbonyl (C=O) groups is 3. The Labute approximate surface area is 138 Å². The van der Waals surface area contributed by atoms with Gasteiger partial charge >= 0.3 is 11.7 Å². The van der Waals surface area contributed by atoms with Crippen molar-refractivity contribution in [1.82, 2.24) is 4.90 Å². The summed E-state index contributed by atoms with van der Waals surface area (Å²) in [6, 6.07) is 7.50. The van der Waals surface area contributed by atoms with Crippen LogP contribution in [0.5, 0.6) is 0 Å². The minimum atomic E-state index is -2.81. The van der Waals surface area contributed by atoms with Crippen molar-refractivity contribution in [1.29, 1.82) is 0 Å². The summed E-state index contributed by atoms with van der Waals surface area (Å²) in [5, 5.41) is 19.2. The molecule has 1 amide bonds. The Hall–Kier alpha value is -1.86. The molecule has 0 spiro atoms. The van der Waals surface area contributed by atoms with Crippen molar-refractivity contribution in [2.75, 3.05) is 0 Å². The van der Waals surface area contributed by atoms with Crippen molar-refractivity contribution < 1.29 is 24.6 Å². The number of carbonyl (C=O) groups excluding carboxylic acids is 2. The molecule has 1 aliphatic rings. The number of benzene rings is 1. The van der Waals surface area contributed by atoms with Crippen LogP contribution in [0, 0.1) is 12.8 Å². The Bertz CT molecular complexity index is 642. The first kappa shape index (κ1) is 17.5. The number of carboxylic acid groups (broad SMARTS) is 1. The average molecular weight is 337 g/mol. The first-order valence-electron chi connectivity index (χ1n) is 7.23. The molecule has 6 nitrogen and oxygen atoms in total. The van der Waals surface area contributed by atoms with Crippen LogP contribution in [0.4, 0.5) is 0 Å². The summed E-state index contributed by atoms with van der Waals surface area (Å²) in [7, 11) is 0. The van der Waals surface area contributed by atoms with E-state index in [1.165, 1.54) is 25.6 Å². The highest BCUT2D eigenvalue weighted by atomic mass is 32.2. The van der Waals surface area contributed by atoms with Crippen molar-refractivity contribution in [2.45, 2.75) is 43.2 Å². The van der Waals surface area contributed by atoms with Crippen LogP contribution < -0.4 is 0 Å². The molecule has 0 bridgehead atoms. The smallest absolute Gasteiger partial charge is 0.365 e. The van der Waals surface area contributed by atoms with Gasteiger partial charge in [-0.25, -0.2) is 4.79 Å². The van der Waals surface area contributed by atoms with E-state index in [1.807, 2.05) is 31.2 Å². The van der Waals surface area contributed by atoms with Gasteiger partial charge in [0.1, 0.15) is 0 Å². The maximum absolute atomic E-state index is 12.2. The predicted octanol–water partition coefficient (Wildman–Crippen LogP) is 1.64. The molecule has 2 unspecified atom stereocenters. The van der Waals surface area contributed by atoms with Crippen molar-refractivity contribution in [2.24, 2.45) is 5.92 Å². The van der Waals surface area contributed by atoms with Crippen molar-refractivity contribution >= 4 is 29.4 Å². The molecule has 7 heteroatoms. The highest BCUT2D eigenvalue weighted by Gasteiger charge is 2.59. The van der Waals surface area contributed by atoms with E-state index in [0.717, 1.165) is 15.4 Å². The SMILES string of the molecule is Cc1ccc(SC2CC(=O)N2C(O)(C(=O)O)C(=O)C(C)C)cc1. The van der Waals surface area contributed by atoms with E-state index in [9.17, 15) is 24.6 Å². The molecular weight excluding hydrogens is 318 g/mol. The first-order valence-corrected chi connectivity index (χ1v) is 8.11. The molecule has 1 aliphatic heterocycles. The minimum Gasteiger partial charge on any atom is -0.477 e. The van der Waals surface area contributed by atoms with E-state index < -0.39 is 34.7 Å². The lowest BCUT2D eigenvalue weighted by Gasteiger charge is -2.47. The number of likely N-dealkylation sites (tertiary alicyclic amines) is 1. The van der Waals surface area contributed by atoms with Crippen LogP contribution in [-0.2, 0) is 14.4 Å². The van der Waals surface area contributed by atoms with E-state index in [-0.39, 0.29) is 6.42 Å². The number of β-lactam (4-membered cyclic amide) rings is 1. The molecule has 0 radical (unpaired) electrons. The maximum atomic E-state index is 12.2. The lowest BCUT2D eigenvalue weighted by atomic mass is 9.93. The van der Waals surface area contributed by atoms with Gasteiger partial charge in [-0.05, 0) is 19.1 Å². The number of aryl methyl sites for hydroxylation is 1. The first-order chi connectivity index (χ1) is 10.7. The van der Waals surface area contributed by atoms with E-state index in [2.05, 4.69) is 0 Å². The fourth-order valence-corrected chi connectivity index (χ4v) is 3.58. The van der Waals surface area contributed by atoms with Crippen LogP contribution in [0.15, 0.2) is 29.2 Å². The molecule has 2 rings (SSSR count). The van der Waals surface area contributed by atoms with Gasteiger partial charge in [0.2, 0.25) is 5.91 Å². The molecule has 1 aromatic rings. The quantitative estimate of drug-likeness (QED) is 0.605. The molecule has 2 atom stereocenters. The Morgan fingerprint density at radius 2 is 1.87 bits per heavy atom. The molecule has 0 saturated carbocycles. The van der Waals surface area contributed by atoms with Gasteiger partial charge in [0.05, 0.1) is 11.8 Å². The summed E-state index contributed by atoms with van der Waals surface area (Å²) in [5.41, 5.74) is -1.74. The van der Waals surface area contributed by atoms with Crippen molar-refractivity contribution in [3.8, 4) is 0 Å². The van der Waals surface area contributed by atoms with Gasteiger partial charge in [-0.2, -0.15) is 0 Å². The van der Waals surface area contributed by atoms with Gasteiger partial charge in [-0.15, -0.1) is 11.8 Å². The number of carboxylic acids is 1. The topological polar surface area (TPSA) is 94.9 Å². The van der Waals surface area contributed by atoms with Gasteiger partial charge in [-0.3, -0.25) is 14.5 Å². The van der Waals surface area contributed by atoms with Gasteiger partial charge in [0.25, 0.3) is 0 Å². The average Bonchev–Trinajstić information content (AvgIpc) is 2.47. The third-order valence-corrected chi connectivity index (χ3v) is 4.91. The molecule has 1 heterocycles. The second-order valence-corrected chi connectivity index (χ2v) is 7.10. The lowest BCUT2D eigenvalue weighted by Crippen LogP contribution is -2.70. The number of hydrogen-bond acceptors (Lipinski definition) is 5. The lowest BCUT2D eigenvalue weighted by molar-refractivity contribution is -0.203. The van der Waals surface area contributed by atoms with Gasteiger partial charge in [0, 0.05) is 10.8 Å². The fraction of sp³-hybridized carbons (Fsp3) is 0.438. The summed E-state index contributed by atoms with van der Waals surface area (Å²) in [4.78, 5) is 37.2. The normalized spacial score (nSPS) is 20.1. The second-order valence-electron chi connectivity index (χ2n) is 5.85. The van der Waals surface area contributed by atoms with Gasteiger partial charge < -0.3 is 10.2 Å². The van der Waals surface area contributed by atoms with Crippen molar-refractivity contribution in [3.05, 3.63) is 29.8 Å². The molecule has 23 heavy (non-hydrogen) atoms. The number of aliphatic carboxylic acids is 1. The zero-order valence-electron chi connectivity index (χ0n) is 13.1. The molecule has 0 aromatic heterocycles. The number of nitrogens with zero attached hydrogens (tertiary/aromatic N) is 1. The maximum Gasteiger partial charge on any atom is 0.365 e. The Balaban J connectivity index is 2.27. The number of amides is 1. The molecular formula is C16H19NO5S. The van der Waals surface area contributed by atoms with Crippen LogP contribution >= 0.6 is 11.8 Å².